The highest BCUT2D eigenvalue weighted by Crippen LogP contribution is 2.45. The fourth-order valence-electron chi connectivity index (χ4n) is 9.98. The van der Waals surface area contributed by atoms with E-state index in [9.17, 15) is 14.7 Å². The van der Waals surface area contributed by atoms with Gasteiger partial charge in [-0.1, -0.05) is 79.2 Å². The lowest BCUT2D eigenvalue weighted by Gasteiger charge is -2.20. The topological polar surface area (TPSA) is 128 Å². The number of H-pyrrole nitrogens is 2. The number of aromatic nitrogens is 2. The first-order valence-electron chi connectivity index (χ1n) is 22.9. The predicted molar refractivity (Wildman–Crippen MR) is 242 cm³/mol. The Balaban J connectivity index is 1.31. The second-order valence-electron chi connectivity index (χ2n) is 18.2. The zero-order chi connectivity index (χ0) is 43.4. The van der Waals surface area contributed by atoms with Crippen LogP contribution >= 0.6 is 0 Å². The van der Waals surface area contributed by atoms with Gasteiger partial charge in [0.15, 0.2) is 0 Å². The van der Waals surface area contributed by atoms with Crippen LogP contribution in [0.15, 0.2) is 51.7 Å². The molecule has 60 heavy (non-hydrogen) atoms. The van der Waals surface area contributed by atoms with Crippen LogP contribution in [0.5, 0.6) is 0 Å². The van der Waals surface area contributed by atoms with Crippen molar-refractivity contribution in [1.29, 1.82) is 0 Å². The van der Waals surface area contributed by atoms with Gasteiger partial charge in [-0.05, 0) is 124 Å². The largest absolute Gasteiger partial charge is 0.468 e. The van der Waals surface area contributed by atoms with E-state index >= 15 is 0 Å². The molecule has 6 rings (SSSR count). The van der Waals surface area contributed by atoms with Crippen LogP contribution in [0.4, 0.5) is 0 Å². The number of rotatable bonds is 17. The molecule has 8 bridgehead atoms. The lowest BCUT2D eigenvalue weighted by molar-refractivity contribution is -0.146. The van der Waals surface area contributed by atoms with Crippen molar-refractivity contribution < 1.29 is 24.2 Å². The Morgan fingerprint density at radius 3 is 2.33 bits per heavy atom. The lowest BCUT2D eigenvalue weighted by Crippen LogP contribution is -2.27. The van der Waals surface area contributed by atoms with Crippen LogP contribution in [0, 0.1) is 43.4 Å². The third kappa shape index (κ3) is 9.21. The first-order chi connectivity index (χ1) is 28.7. The van der Waals surface area contributed by atoms with Crippen molar-refractivity contribution >= 4 is 29.7 Å². The van der Waals surface area contributed by atoms with E-state index in [1.807, 2.05) is 13.0 Å². The molecule has 2 aromatic heterocycles. The average Bonchev–Trinajstić information content (AvgIpc) is 3.97. The Bertz CT molecular complexity index is 2240. The van der Waals surface area contributed by atoms with Gasteiger partial charge in [0.05, 0.1) is 18.6 Å². The van der Waals surface area contributed by atoms with Gasteiger partial charge >= 0.3 is 11.9 Å². The molecule has 0 unspecified atom stereocenters. The number of aromatic amines is 2. The minimum atomic E-state index is -1.11. The molecule has 4 aliphatic rings. The Hall–Kier alpha value is -4.50. The van der Waals surface area contributed by atoms with Crippen LogP contribution in [0.1, 0.15) is 159 Å². The molecule has 326 valence electrons. The Labute approximate surface area is 358 Å². The summed E-state index contributed by atoms with van der Waals surface area (Å²) in [5, 5.41) is 21.1. The number of hydrogen-bond acceptors (Lipinski definition) is 7. The maximum atomic E-state index is 13.6. The minimum Gasteiger partial charge on any atom is -0.468 e. The SMILES string of the molecule is CCc1c2[nH]c(c1C)/C=C1\NC(=C(C)[C@H]1CC)/C=C1\NC(=C(CCC(=O)OC/C=C(/C)CCC[C@@H](C)CCC[C@H](C)CC)[C@@H]1C)C1=c3[nH]/c(c(C)c3[C@H](O)[C@@H]1C(=O)OC)=C\2. The normalized spacial score (nSPS) is 24.3. The molecule has 0 saturated carbocycles. The van der Waals surface area contributed by atoms with Crippen LogP contribution < -0.4 is 21.3 Å². The number of allylic oxidation sites excluding steroid dienone is 5. The summed E-state index contributed by atoms with van der Waals surface area (Å²) in [5.74, 6) is -0.0397. The van der Waals surface area contributed by atoms with E-state index in [1.165, 1.54) is 61.5 Å². The third-order valence-electron chi connectivity index (χ3n) is 14.2. The molecule has 3 aliphatic heterocycles. The van der Waals surface area contributed by atoms with E-state index < -0.39 is 18.0 Å². The number of methoxy groups -OCH3 is 1. The molecule has 6 atom stereocenters. The molecule has 0 fully saturated rings. The van der Waals surface area contributed by atoms with Crippen LogP contribution in [-0.4, -0.2) is 40.7 Å². The second-order valence-corrected chi connectivity index (χ2v) is 18.2. The van der Waals surface area contributed by atoms with Gasteiger partial charge in [0.2, 0.25) is 0 Å². The van der Waals surface area contributed by atoms with Crippen molar-refractivity contribution in [3.05, 3.63) is 96.0 Å². The number of esters is 2. The Kier molecular flexibility index (Phi) is 14.6. The van der Waals surface area contributed by atoms with Crippen molar-refractivity contribution in [1.82, 2.24) is 20.6 Å². The van der Waals surface area contributed by atoms with Crippen molar-refractivity contribution in [2.45, 2.75) is 146 Å². The van der Waals surface area contributed by atoms with Crippen molar-refractivity contribution in [3.8, 4) is 0 Å². The summed E-state index contributed by atoms with van der Waals surface area (Å²) < 4.78 is 11.1. The number of ether oxygens (including phenoxy) is 2. The molecule has 0 aromatic carbocycles. The number of aliphatic hydroxyl groups is 1. The van der Waals surface area contributed by atoms with Crippen molar-refractivity contribution in [2.24, 2.45) is 29.6 Å². The monoisotopic (exact) mass is 821 g/mol. The maximum Gasteiger partial charge on any atom is 0.316 e. The summed E-state index contributed by atoms with van der Waals surface area (Å²) in [6.45, 7) is 22.3. The number of carbonyl (C=O) groups is 2. The fourth-order valence-corrected chi connectivity index (χ4v) is 9.98. The second kappa shape index (κ2) is 19.5. The van der Waals surface area contributed by atoms with Gasteiger partial charge in [-0.15, -0.1) is 0 Å². The lowest BCUT2D eigenvalue weighted by atomic mass is 9.89. The van der Waals surface area contributed by atoms with Gasteiger partial charge in [-0.2, -0.15) is 0 Å². The van der Waals surface area contributed by atoms with E-state index in [1.54, 1.807) is 0 Å². The molecule has 9 heteroatoms. The van der Waals surface area contributed by atoms with Crippen LogP contribution in [0.2, 0.25) is 0 Å². The molecular weight excluding hydrogens is 749 g/mol. The average molecular weight is 821 g/mol. The summed E-state index contributed by atoms with van der Waals surface area (Å²) in [5.41, 5.74) is 14.2. The smallest absolute Gasteiger partial charge is 0.316 e. The van der Waals surface area contributed by atoms with E-state index in [4.69, 9.17) is 9.47 Å². The van der Waals surface area contributed by atoms with Gasteiger partial charge in [-0.3, -0.25) is 9.59 Å². The standard InChI is InChI=1S/C51H72N4O5/c1-12-28(4)17-15-18-29(5)19-16-20-30(6)23-24-60-44(56)22-21-37-33(9)40-25-38-31(7)35(13-2)42(52-38)26-39-32(8)36(14-3)43(53-39)27-41-34(10)45-49(55-41)46(48(37)54-40)47(50(45)57)51(58)59-11/h23,25-29,33,35,47,50,52-55,57H,12-22,24H2,1-11H3/b30-23-,40-25-,41-27-,42-26-/t28-,29+,33+,35-,47-,50+/m1/s1. The highest BCUT2D eigenvalue weighted by molar-refractivity contribution is 5.92. The summed E-state index contributed by atoms with van der Waals surface area (Å²) in [6, 6.07) is 0. The molecule has 1 aliphatic carbocycles. The molecule has 5 heterocycles. The number of fused-ring (bicyclic) bond motifs is 8. The van der Waals surface area contributed by atoms with Crippen molar-refractivity contribution in [2.75, 3.05) is 13.7 Å². The van der Waals surface area contributed by atoms with Gasteiger partial charge in [0.25, 0.3) is 0 Å². The molecular formula is C51H72N4O5. The van der Waals surface area contributed by atoms with E-state index in [2.05, 4.69) is 101 Å². The first kappa shape index (κ1) is 45.0. The Morgan fingerprint density at radius 1 is 0.900 bits per heavy atom. The molecule has 0 radical (unpaired) electrons. The van der Waals surface area contributed by atoms with E-state index in [0.29, 0.717) is 17.6 Å². The van der Waals surface area contributed by atoms with Crippen LogP contribution in [0.25, 0.3) is 17.7 Å². The molecule has 9 nitrogen and oxygen atoms in total. The molecule has 5 N–H and O–H groups in total. The molecule has 0 saturated heterocycles. The van der Waals surface area contributed by atoms with Gasteiger partial charge in [0.1, 0.15) is 12.5 Å². The van der Waals surface area contributed by atoms with Gasteiger partial charge < -0.3 is 35.2 Å². The predicted octanol–water partition coefficient (Wildman–Crippen LogP) is 9.27. The zero-order valence-electron chi connectivity index (χ0n) is 38.3. The van der Waals surface area contributed by atoms with Crippen LogP contribution in [-0.2, 0) is 25.5 Å². The van der Waals surface area contributed by atoms with Gasteiger partial charge in [-0.25, -0.2) is 0 Å². The summed E-state index contributed by atoms with van der Waals surface area (Å²) in [7, 11) is 1.37. The summed E-state index contributed by atoms with van der Waals surface area (Å²) in [4.78, 5) is 34.4. The fraction of sp³-hybridized carbons (Fsp3) is 0.569. The van der Waals surface area contributed by atoms with Crippen LogP contribution in [0.3, 0.4) is 0 Å². The molecule has 0 amide bonds. The molecule has 2 aromatic rings. The zero-order valence-corrected chi connectivity index (χ0v) is 38.3. The quantitative estimate of drug-likeness (QED) is 0.0796. The van der Waals surface area contributed by atoms with E-state index in [0.717, 1.165) is 93.5 Å². The van der Waals surface area contributed by atoms with E-state index in [-0.39, 0.29) is 30.8 Å². The first-order valence-corrected chi connectivity index (χ1v) is 22.9. The number of carbonyl (C=O) groups excluding carboxylic acids is 2. The summed E-state index contributed by atoms with van der Waals surface area (Å²) in [6.07, 6.45) is 18.5. The number of nitrogens with one attached hydrogen (secondary N) is 4. The Morgan fingerprint density at radius 2 is 1.63 bits per heavy atom. The van der Waals surface area contributed by atoms with Gasteiger partial charge in [0, 0.05) is 68.9 Å². The number of aliphatic hydroxyl groups excluding tert-OH is 1. The molecule has 0 spiro atoms. The highest BCUT2D eigenvalue weighted by atomic mass is 16.5. The minimum absolute atomic E-state index is 0.104. The van der Waals surface area contributed by atoms with Crippen molar-refractivity contribution in [3.63, 3.8) is 0 Å². The maximum absolute atomic E-state index is 13.6. The summed E-state index contributed by atoms with van der Waals surface area (Å²) >= 11 is 0. The third-order valence-corrected chi connectivity index (χ3v) is 14.2. The highest BCUT2D eigenvalue weighted by Gasteiger charge is 2.45. The number of hydrogen-bond donors (Lipinski definition) is 5.